The lowest BCUT2D eigenvalue weighted by Gasteiger charge is -2.50. The molecule has 2 aliphatic rings. The van der Waals surface area contributed by atoms with Crippen LogP contribution in [0.15, 0.2) is 12.4 Å². The highest BCUT2D eigenvalue weighted by molar-refractivity contribution is 6.31. The highest BCUT2D eigenvalue weighted by Crippen LogP contribution is 2.37. The zero-order chi connectivity index (χ0) is 13.4. The van der Waals surface area contributed by atoms with Gasteiger partial charge in [0.15, 0.2) is 0 Å². The van der Waals surface area contributed by atoms with Crippen molar-refractivity contribution in [2.45, 2.75) is 38.6 Å². The van der Waals surface area contributed by atoms with Crippen LogP contribution in [0.1, 0.15) is 31.2 Å². The van der Waals surface area contributed by atoms with Crippen LogP contribution in [-0.4, -0.2) is 28.5 Å². The van der Waals surface area contributed by atoms with Gasteiger partial charge in [0, 0.05) is 18.8 Å². The second-order valence-corrected chi connectivity index (χ2v) is 5.90. The van der Waals surface area contributed by atoms with E-state index >= 15 is 0 Å². The van der Waals surface area contributed by atoms with Crippen molar-refractivity contribution in [3.05, 3.63) is 23.0 Å². The average Bonchev–Trinajstić information content (AvgIpc) is 2.36. The SMILES string of the molecule is Cc1c(Cl)cncc1NC(=O)N1C[C@@H]2CCCC[C@@H]21. The van der Waals surface area contributed by atoms with Gasteiger partial charge < -0.3 is 10.2 Å². The van der Waals surface area contributed by atoms with Crippen molar-refractivity contribution in [2.24, 2.45) is 5.92 Å². The van der Waals surface area contributed by atoms with Gasteiger partial charge in [-0.2, -0.15) is 0 Å². The van der Waals surface area contributed by atoms with Gasteiger partial charge in [0.1, 0.15) is 0 Å². The molecule has 4 nitrogen and oxygen atoms in total. The number of pyridine rings is 1. The van der Waals surface area contributed by atoms with Gasteiger partial charge in [0.2, 0.25) is 0 Å². The van der Waals surface area contributed by atoms with E-state index in [9.17, 15) is 4.79 Å². The van der Waals surface area contributed by atoms with Crippen LogP contribution in [0, 0.1) is 12.8 Å². The van der Waals surface area contributed by atoms with Crippen LogP contribution in [0.2, 0.25) is 5.02 Å². The first-order valence-electron chi connectivity index (χ1n) is 6.84. The fourth-order valence-electron chi connectivity index (χ4n) is 3.11. The molecule has 1 aliphatic heterocycles. The van der Waals surface area contributed by atoms with Crippen LogP contribution in [0.4, 0.5) is 10.5 Å². The number of halogens is 1. The van der Waals surface area contributed by atoms with Gasteiger partial charge in [0.25, 0.3) is 0 Å². The standard InChI is InChI=1S/C14H18ClN3O/c1-9-11(15)6-16-7-12(9)17-14(19)18-8-10-4-2-3-5-13(10)18/h6-7,10,13H,2-5,8H2,1H3,(H,17,19)/t10-,13-/m0/s1. The van der Waals surface area contributed by atoms with Gasteiger partial charge >= 0.3 is 6.03 Å². The van der Waals surface area contributed by atoms with Crippen LogP contribution in [0.5, 0.6) is 0 Å². The molecule has 2 amide bonds. The van der Waals surface area contributed by atoms with Gasteiger partial charge in [-0.1, -0.05) is 24.4 Å². The number of amides is 2. The minimum Gasteiger partial charge on any atom is -0.321 e. The van der Waals surface area contributed by atoms with Gasteiger partial charge in [-0.3, -0.25) is 4.98 Å². The molecule has 1 aromatic heterocycles. The van der Waals surface area contributed by atoms with Crippen LogP contribution < -0.4 is 5.32 Å². The van der Waals surface area contributed by atoms with E-state index in [1.165, 1.54) is 19.3 Å². The molecule has 1 aliphatic carbocycles. The Morgan fingerprint density at radius 3 is 3.00 bits per heavy atom. The Morgan fingerprint density at radius 1 is 1.42 bits per heavy atom. The molecular formula is C14H18ClN3O. The number of hydrogen-bond acceptors (Lipinski definition) is 2. The molecule has 0 unspecified atom stereocenters. The van der Waals surface area contributed by atoms with E-state index in [1.54, 1.807) is 12.4 Å². The molecular weight excluding hydrogens is 262 g/mol. The number of anilines is 1. The van der Waals surface area contributed by atoms with Gasteiger partial charge in [-0.15, -0.1) is 0 Å². The number of carbonyl (C=O) groups excluding carboxylic acids is 1. The molecule has 0 bridgehead atoms. The molecule has 1 saturated carbocycles. The summed E-state index contributed by atoms with van der Waals surface area (Å²) < 4.78 is 0. The van der Waals surface area contributed by atoms with Crippen molar-refractivity contribution in [3.8, 4) is 0 Å². The van der Waals surface area contributed by atoms with E-state index in [-0.39, 0.29) is 6.03 Å². The molecule has 1 N–H and O–H groups in total. The summed E-state index contributed by atoms with van der Waals surface area (Å²) in [6, 6.07) is 0.427. The Bertz CT molecular complexity index is 505. The average molecular weight is 280 g/mol. The maximum atomic E-state index is 12.3. The third-order valence-electron chi connectivity index (χ3n) is 4.36. The van der Waals surface area contributed by atoms with Gasteiger partial charge in [-0.05, 0) is 31.2 Å². The summed E-state index contributed by atoms with van der Waals surface area (Å²) in [6.07, 6.45) is 8.21. The predicted octanol–water partition coefficient (Wildman–Crippen LogP) is 3.45. The highest BCUT2D eigenvalue weighted by atomic mass is 35.5. The van der Waals surface area contributed by atoms with Crippen molar-refractivity contribution in [1.82, 2.24) is 9.88 Å². The smallest absolute Gasteiger partial charge is 0.321 e. The largest absolute Gasteiger partial charge is 0.322 e. The molecule has 0 aromatic carbocycles. The summed E-state index contributed by atoms with van der Waals surface area (Å²) >= 11 is 6.01. The van der Waals surface area contributed by atoms with Crippen LogP contribution in [0.25, 0.3) is 0 Å². The van der Waals surface area contributed by atoms with Crippen LogP contribution >= 0.6 is 11.6 Å². The van der Waals surface area contributed by atoms with E-state index in [0.29, 0.717) is 16.8 Å². The van der Waals surface area contributed by atoms with Crippen LogP contribution in [0.3, 0.4) is 0 Å². The van der Waals surface area contributed by atoms with Crippen LogP contribution in [-0.2, 0) is 0 Å². The van der Waals surface area contributed by atoms with Crippen molar-refractivity contribution >= 4 is 23.3 Å². The summed E-state index contributed by atoms with van der Waals surface area (Å²) in [5.74, 6) is 0.720. The summed E-state index contributed by atoms with van der Waals surface area (Å²) in [5, 5.41) is 3.51. The first kappa shape index (κ1) is 12.7. The zero-order valence-corrected chi connectivity index (χ0v) is 11.8. The van der Waals surface area contributed by atoms with Crippen molar-refractivity contribution in [2.75, 3.05) is 11.9 Å². The topological polar surface area (TPSA) is 45.2 Å². The van der Waals surface area contributed by atoms with E-state index in [1.807, 2.05) is 11.8 Å². The number of aromatic nitrogens is 1. The molecule has 1 saturated heterocycles. The first-order valence-corrected chi connectivity index (χ1v) is 7.22. The summed E-state index contributed by atoms with van der Waals surface area (Å²) in [5.41, 5.74) is 1.57. The number of hydrogen-bond donors (Lipinski definition) is 1. The quantitative estimate of drug-likeness (QED) is 0.856. The second-order valence-electron chi connectivity index (χ2n) is 5.49. The Hall–Kier alpha value is -1.29. The van der Waals surface area contributed by atoms with E-state index < -0.39 is 0 Å². The number of carbonyl (C=O) groups is 1. The van der Waals surface area contributed by atoms with Gasteiger partial charge in [0.05, 0.1) is 16.9 Å². The summed E-state index contributed by atoms with van der Waals surface area (Å²) in [7, 11) is 0. The van der Waals surface area contributed by atoms with E-state index in [2.05, 4.69) is 10.3 Å². The van der Waals surface area contributed by atoms with Crippen molar-refractivity contribution < 1.29 is 4.79 Å². The van der Waals surface area contributed by atoms with Crippen molar-refractivity contribution in [3.63, 3.8) is 0 Å². The molecule has 0 spiro atoms. The second kappa shape index (κ2) is 5.00. The molecule has 2 heterocycles. The molecule has 5 heteroatoms. The normalized spacial score (nSPS) is 25.5. The lowest BCUT2D eigenvalue weighted by molar-refractivity contribution is 0.0256. The minimum atomic E-state index is -0.0182. The monoisotopic (exact) mass is 279 g/mol. The summed E-state index contributed by atoms with van der Waals surface area (Å²) in [4.78, 5) is 18.2. The number of fused-ring (bicyclic) bond motifs is 1. The maximum absolute atomic E-state index is 12.3. The molecule has 102 valence electrons. The fraction of sp³-hybridized carbons (Fsp3) is 0.571. The summed E-state index contributed by atoms with van der Waals surface area (Å²) in [6.45, 7) is 2.78. The lowest BCUT2D eigenvalue weighted by Crippen LogP contribution is -2.60. The Kier molecular flexibility index (Phi) is 3.35. The Morgan fingerprint density at radius 2 is 2.21 bits per heavy atom. The predicted molar refractivity (Wildman–Crippen MR) is 75.5 cm³/mol. The van der Waals surface area contributed by atoms with Crippen molar-refractivity contribution in [1.29, 1.82) is 0 Å². The molecule has 0 radical (unpaired) electrons. The molecule has 19 heavy (non-hydrogen) atoms. The first-order chi connectivity index (χ1) is 9.16. The number of nitrogens with zero attached hydrogens (tertiary/aromatic N) is 2. The molecule has 3 rings (SSSR count). The molecule has 2 fully saturated rings. The molecule has 2 atom stereocenters. The fourth-order valence-corrected chi connectivity index (χ4v) is 3.27. The number of nitrogens with one attached hydrogen (secondary N) is 1. The maximum Gasteiger partial charge on any atom is 0.322 e. The third kappa shape index (κ3) is 2.29. The zero-order valence-electron chi connectivity index (χ0n) is 11.0. The Balaban J connectivity index is 1.67. The van der Waals surface area contributed by atoms with Gasteiger partial charge in [-0.25, -0.2) is 4.79 Å². The highest BCUT2D eigenvalue weighted by Gasteiger charge is 2.42. The minimum absolute atomic E-state index is 0.0182. The number of rotatable bonds is 1. The van der Waals surface area contributed by atoms with E-state index in [0.717, 1.165) is 24.4 Å². The number of urea groups is 1. The molecule has 1 aromatic rings. The Labute approximate surface area is 118 Å². The number of likely N-dealkylation sites (tertiary alicyclic amines) is 1. The van der Waals surface area contributed by atoms with E-state index in [4.69, 9.17) is 11.6 Å². The lowest BCUT2D eigenvalue weighted by atomic mass is 9.77. The third-order valence-corrected chi connectivity index (χ3v) is 4.74.